The molecule has 4 rings (SSSR count). The number of benzene rings is 2. The Kier molecular flexibility index (Phi) is 1.90. The molecule has 2 aromatic carbocycles. The van der Waals surface area contributed by atoms with Gasteiger partial charge in [0.25, 0.3) is 0 Å². The van der Waals surface area contributed by atoms with Crippen molar-refractivity contribution in [2.45, 2.75) is 12.8 Å². The van der Waals surface area contributed by atoms with Crippen LogP contribution in [0.5, 0.6) is 0 Å². The number of aliphatic imine (C=N–C) groups is 1. The van der Waals surface area contributed by atoms with Gasteiger partial charge in [-0.3, -0.25) is 0 Å². The minimum absolute atomic E-state index is 0.807. The van der Waals surface area contributed by atoms with E-state index in [9.17, 15) is 0 Å². The Hall–Kier alpha value is -2.09. The van der Waals surface area contributed by atoms with Crippen LogP contribution in [0.2, 0.25) is 0 Å². The van der Waals surface area contributed by atoms with Crippen molar-refractivity contribution in [3.05, 3.63) is 48.0 Å². The molecule has 0 amide bonds. The number of rotatable bonds is 2. The fourth-order valence-corrected chi connectivity index (χ4v) is 3.12. The van der Waals surface area contributed by atoms with Crippen molar-refractivity contribution in [3.8, 4) is 0 Å². The maximum absolute atomic E-state index is 4.57. The maximum Gasteiger partial charge on any atom is 0.0960 e. The standard InChI is InChI=1S/C16H14N2/c1-2-9-18-10-17-13-7-5-11-3-4-12-6-8-14(18)16(13)15(11)12/h2,5-8,10H,1,3-4,9H2. The summed E-state index contributed by atoms with van der Waals surface area (Å²) in [6.07, 6.45) is 6.16. The summed E-state index contributed by atoms with van der Waals surface area (Å²) < 4.78 is 0. The second-order valence-electron chi connectivity index (χ2n) is 4.92. The first-order valence-corrected chi connectivity index (χ1v) is 6.37. The number of aryl methyl sites for hydroxylation is 2. The Bertz CT molecular complexity index is 688. The fraction of sp³-hybridized carbons (Fsp3) is 0.188. The van der Waals surface area contributed by atoms with E-state index in [1.807, 2.05) is 12.4 Å². The molecule has 88 valence electrons. The highest BCUT2D eigenvalue weighted by Crippen LogP contribution is 2.43. The van der Waals surface area contributed by atoms with Gasteiger partial charge in [0, 0.05) is 11.9 Å². The van der Waals surface area contributed by atoms with Crippen LogP contribution in [-0.4, -0.2) is 12.9 Å². The normalized spacial score (nSPS) is 15.4. The van der Waals surface area contributed by atoms with Crippen LogP contribution in [0.1, 0.15) is 11.1 Å². The fourth-order valence-electron chi connectivity index (χ4n) is 3.12. The molecular formula is C16H14N2. The molecule has 0 saturated heterocycles. The van der Waals surface area contributed by atoms with Gasteiger partial charge in [-0.05, 0) is 41.5 Å². The predicted molar refractivity (Wildman–Crippen MR) is 77.1 cm³/mol. The molecule has 2 aliphatic rings. The van der Waals surface area contributed by atoms with Crippen LogP contribution in [0.15, 0.2) is 41.9 Å². The van der Waals surface area contributed by atoms with Crippen LogP contribution in [0.4, 0.5) is 11.4 Å². The van der Waals surface area contributed by atoms with E-state index in [0.717, 1.165) is 12.2 Å². The topological polar surface area (TPSA) is 15.6 Å². The van der Waals surface area contributed by atoms with Crippen LogP contribution in [-0.2, 0) is 12.8 Å². The molecule has 0 bridgehead atoms. The van der Waals surface area contributed by atoms with Crippen molar-refractivity contribution in [2.75, 3.05) is 11.4 Å². The van der Waals surface area contributed by atoms with Crippen LogP contribution in [0, 0.1) is 0 Å². The number of anilines is 1. The van der Waals surface area contributed by atoms with Gasteiger partial charge in [0.15, 0.2) is 0 Å². The summed E-state index contributed by atoms with van der Waals surface area (Å²) in [7, 11) is 0. The van der Waals surface area contributed by atoms with Crippen molar-refractivity contribution in [1.29, 1.82) is 0 Å². The summed E-state index contributed by atoms with van der Waals surface area (Å²) in [6.45, 7) is 4.63. The second-order valence-corrected chi connectivity index (χ2v) is 4.92. The third kappa shape index (κ3) is 1.15. The molecule has 0 atom stereocenters. The molecule has 0 unspecified atom stereocenters. The molecule has 1 aliphatic heterocycles. The van der Waals surface area contributed by atoms with Gasteiger partial charge >= 0.3 is 0 Å². The average molecular weight is 234 g/mol. The van der Waals surface area contributed by atoms with Crippen LogP contribution in [0.3, 0.4) is 0 Å². The third-order valence-electron chi connectivity index (χ3n) is 3.92. The lowest BCUT2D eigenvalue weighted by molar-refractivity contribution is 1.02. The Labute approximate surface area is 106 Å². The van der Waals surface area contributed by atoms with E-state index in [1.165, 1.54) is 40.4 Å². The van der Waals surface area contributed by atoms with E-state index < -0.39 is 0 Å². The lowest BCUT2D eigenvalue weighted by Crippen LogP contribution is -2.22. The highest BCUT2D eigenvalue weighted by molar-refractivity contribution is 6.12. The summed E-state index contributed by atoms with van der Waals surface area (Å²) in [4.78, 5) is 6.74. The second kappa shape index (κ2) is 3.45. The molecule has 2 nitrogen and oxygen atoms in total. The Balaban J connectivity index is 2.10. The van der Waals surface area contributed by atoms with Gasteiger partial charge < -0.3 is 4.90 Å². The summed E-state index contributed by atoms with van der Waals surface area (Å²) in [5.41, 5.74) is 5.32. The highest BCUT2D eigenvalue weighted by atomic mass is 15.2. The summed E-state index contributed by atoms with van der Waals surface area (Å²) in [5, 5.41) is 2.77. The molecule has 1 heterocycles. The van der Waals surface area contributed by atoms with E-state index in [4.69, 9.17) is 0 Å². The van der Waals surface area contributed by atoms with Crippen molar-refractivity contribution in [2.24, 2.45) is 4.99 Å². The predicted octanol–water partition coefficient (Wildman–Crippen LogP) is 3.60. The molecular weight excluding hydrogens is 220 g/mol. The lowest BCUT2D eigenvalue weighted by atomic mass is 10.00. The Morgan fingerprint density at radius 3 is 2.67 bits per heavy atom. The zero-order valence-electron chi connectivity index (χ0n) is 10.2. The quantitative estimate of drug-likeness (QED) is 0.725. The Morgan fingerprint density at radius 1 is 1.11 bits per heavy atom. The molecule has 0 fully saturated rings. The maximum atomic E-state index is 4.57. The van der Waals surface area contributed by atoms with Gasteiger partial charge in [-0.15, -0.1) is 6.58 Å². The van der Waals surface area contributed by atoms with E-state index in [1.54, 1.807) is 0 Å². The van der Waals surface area contributed by atoms with Gasteiger partial charge in [-0.25, -0.2) is 4.99 Å². The van der Waals surface area contributed by atoms with Crippen molar-refractivity contribution in [3.63, 3.8) is 0 Å². The molecule has 18 heavy (non-hydrogen) atoms. The zero-order chi connectivity index (χ0) is 12.1. The molecule has 0 saturated carbocycles. The van der Waals surface area contributed by atoms with Gasteiger partial charge in [-0.2, -0.15) is 0 Å². The third-order valence-corrected chi connectivity index (χ3v) is 3.92. The van der Waals surface area contributed by atoms with E-state index in [-0.39, 0.29) is 0 Å². The van der Waals surface area contributed by atoms with Gasteiger partial charge in [0.05, 0.1) is 17.7 Å². The van der Waals surface area contributed by atoms with Crippen molar-refractivity contribution >= 4 is 28.5 Å². The monoisotopic (exact) mass is 234 g/mol. The molecule has 0 N–H and O–H groups in total. The molecule has 1 aliphatic carbocycles. The minimum atomic E-state index is 0.807. The zero-order valence-corrected chi connectivity index (χ0v) is 10.2. The Morgan fingerprint density at radius 2 is 1.89 bits per heavy atom. The van der Waals surface area contributed by atoms with Crippen molar-refractivity contribution in [1.82, 2.24) is 0 Å². The van der Waals surface area contributed by atoms with E-state index >= 15 is 0 Å². The molecule has 2 aromatic rings. The van der Waals surface area contributed by atoms with Gasteiger partial charge in [0.2, 0.25) is 0 Å². The first kappa shape index (κ1) is 9.89. The molecule has 0 spiro atoms. The van der Waals surface area contributed by atoms with Crippen LogP contribution in [0.25, 0.3) is 10.8 Å². The summed E-state index contributed by atoms with van der Waals surface area (Å²) >= 11 is 0. The minimum Gasteiger partial charge on any atom is -0.328 e. The highest BCUT2D eigenvalue weighted by Gasteiger charge is 2.22. The summed E-state index contributed by atoms with van der Waals surface area (Å²) in [5.74, 6) is 0. The van der Waals surface area contributed by atoms with Crippen LogP contribution >= 0.6 is 0 Å². The lowest BCUT2D eigenvalue weighted by Gasteiger charge is -2.24. The number of hydrogen-bond acceptors (Lipinski definition) is 2. The van der Waals surface area contributed by atoms with E-state index in [2.05, 4.69) is 40.7 Å². The molecule has 0 radical (unpaired) electrons. The average Bonchev–Trinajstić information content (AvgIpc) is 2.83. The number of nitrogens with zero attached hydrogens (tertiary/aromatic N) is 2. The molecule has 2 heteroatoms. The van der Waals surface area contributed by atoms with Gasteiger partial charge in [0.1, 0.15) is 0 Å². The largest absolute Gasteiger partial charge is 0.328 e. The first-order chi connectivity index (χ1) is 8.88. The van der Waals surface area contributed by atoms with Gasteiger partial charge in [-0.1, -0.05) is 18.2 Å². The smallest absolute Gasteiger partial charge is 0.0960 e. The SMILES string of the molecule is C=CCN1C=Nc2ccc3c4c(ccc1c24)CC3. The molecule has 0 aromatic heterocycles. The van der Waals surface area contributed by atoms with Crippen molar-refractivity contribution < 1.29 is 0 Å². The summed E-state index contributed by atoms with van der Waals surface area (Å²) in [6, 6.07) is 8.88. The number of hydrogen-bond donors (Lipinski definition) is 0. The first-order valence-electron chi connectivity index (χ1n) is 6.37. The van der Waals surface area contributed by atoms with E-state index in [0.29, 0.717) is 0 Å². The van der Waals surface area contributed by atoms with Crippen LogP contribution < -0.4 is 4.90 Å².